The van der Waals surface area contributed by atoms with Crippen molar-refractivity contribution >= 4 is 15.9 Å². The molecule has 7 heteroatoms. The van der Waals surface area contributed by atoms with E-state index in [1.54, 1.807) is 29.2 Å². The highest BCUT2D eigenvalue weighted by atomic mass is 32.2. The van der Waals surface area contributed by atoms with E-state index in [1.807, 2.05) is 13.8 Å². The maximum absolute atomic E-state index is 12.6. The number of carbonyl (C=O) groups excluding carboxylic acids is 1. The minimum absolute atomic E-state index is 0.0838. The molecule has 26 heavy (non-hydrogen) atoms. The summed E-state index contributed by atoms with van der Waals surface area (Å²) in [6.45, 7) is 10.6. The summed E-state index contributed by atoms with van der Waals surface area (Å²) in [5, 5.41) is 0. The minimum atomic E-state index is -3.47. The zero-order valence-electron chi connectivity index (χ0n) is 15.6. The molecule has 0 radical (unpaired) electrons. The minimum Gasteiger partial charge on any atom is -0.379 e. The fourth-order valence-electron chi connectivity index (χ4n) is 2.88. The van der Waals surface area contributed by atoms with Crippen molar-refractivity contribution in [2.75, 3.05) is 39.4 Å². The number of ether oxygens (including phenoxy) is 1. The van der Waals surface area contributed by atoms with Crippen LogP contribution in [0.5, 0.6) is 0 Å². The molecule has 0 unspecified atom stereocenters. The van der Waals surface area contributed by atoms with Gasteiger partial charge < -0.3 is 9.64 Å². The smallest absolute Gasteiger partial charge is 0.243 e. The van der Waals surface area contributed by atoms with E-state index in [1.165, 1.54) is 4.31 Å². The topological polar surface area (TPSA) is 66.9 Å². The average Bonchev–Trinajstić information content (AvgIpc) is 2.65. The second-order valence-electron chi connectivity index (χ2n) is 6.53. The molecule has 0 aliphatic carbocycles. The zero-order valence-corrected chi connectivity index (χ0v) is 16.4. The first-order valence-corrected chi connectivity index (χ1v) is 10.4. The quantitative estimate of drug-likeness (QED) is 0.648. The summed E-state index contributed by atoms with van der Waals surface area (Å²) in [5.74, 6) is 0.0838. The summed E-state index contributed by atoms with van der Waals surface area (Å²) in [7, 11) is -3.47. The number of aryl methyl sites for hydroxylation is 1. The molecule has 1 aliphatic rings. The highest BCUT2D eigenvalue weighted by Gasteiger charge is 2.26. The van der Waals surface area contributed by atoms with E-state index in [0.717, 1.165) is 11.1 Å². The number of nitrogens with zero attached hydrogens (tertiary/aromatic N) is 2. The van der Waals surface area contributed by atoms with Crippen molar-refractivity contribution in [3.05, 3.63) is 42.0 Å². The van der Waals surface area contributed by atoms with Crippen molar-refractivity contribution in [2.45, 2.75) is 31.6 Å². The Labute approximate surface area is 156 Å². The molecule has 6 nitrogen and oxygen atoms in total. The van der Waals surface area contributed by atoms with Crippen LogP contribution in [0.2, 0.25) is 0 Å². The number of morpholine rings is 1. The maximum atomic E-state index is 12.6. The maximum Gasteiger partial charge on any atom is 0.243 e. The highest BCUT2D eigenvalue weighted by Crippen LogP contribution is 2.18. The normalized spacial score (nSPS) is 15.6. The fraction of sp³-hybridized carbons (Fsp3) is 0.526. The highest BCUT2D eigenvalue weighted by molar-refractivity contribution is 7.89. The molecular formula is C19H28N2O4S. The van der Waals surface area contributed by atoms with Gasteiger partial charge in [-0.05, 0) is 38.0 Å². The summed E-state index contributed by atoms with van der Waals surface area (Å²) >= 11 is 0. The van der Waals surface area contributed by atoms with Gasteiger partial charge in [0.05, 0.1) is 18.1 Å². The van der Waals surface area contributed by atoms with Gasteiger partial charge in [0.15, 0.2) is 0 Å². The average molecular weight is 381 g/mol. The number of carbonyl (C=O) groups is 1. The van der Waals surface area contributed by atoms with Crippen LogP contribution in [0.25, 0.3) is 0 Å². The molecule has 1 heterocycles. The number of amides is 1. The molecule has 0 spiro atoms. The predicted octanol–water partition coefficient (Wildman–Crippen LogP) is 2.06. The number of hydrogen-bond donors (Lipinski definition) is 0. The van der Waals surface area contributed by atoms with E-state index >= 15 is 0 Å². The first-order valence-electron chi connectivity index (χ1n) is 8.93. The molecule has 144 valence electrons. The Bertz CT molecular complexity index is 722. The number of sulfonamides is 1. The van der Waals surface area contributed by atoms with Gasteiger partial charge in [-0.1, -0.05) is 24.3 Å². The number of benzene rings is 1. The number of rotatable bonds is 8. The Morgan fingerprint density at radius 2 is 1.85 bits per heavy atom. The van der Waals surface area contributed by atoms with Crippen LogP contribution in [-0.2, 0) is 26.0 Å². The largest absolute Gasteiger partial charge is 0.379 e. The van der Waals surface area contributed by atoms with Crippen LogP contribution in [0.1, 0.15) is 25.8 Å². The lowest BCUT2D eigenvalue weighted by Crippen LogP contribution is -2.40. The first kappa shape index (κ1) is 20.6. The van der Waals surface area contributed by atoms with Crippen LogP contribution in [-0.4, -0.2) is 62.9 Å². The molecule has 1 aliphatic heterocycles. The van der Waals surface area contributed by atoms with Crippen molar-refractivity contribution in [3.63, 3.8) is 0 Å². The van der Waals surface area contributed by atoms with Crippen molar-refractivity contribution in [3.8, 4) is 0 Å². The molecule has 1 aromatic rings. The lowest BCUT2D eigenvalue weighted by Gasteiger charge is -2.26. The summed E-state index contributed by atoms with van der Waals surface area (Å²) in [6.07, 6.45) is 0.986. The van der Waals surface area contributed by atoms with Gasteiger partial charge in [0.1, 0.15) is 0 Å². The molecule has 1 amide bonds. The van der Waals surface area contributed by atoms with E-state index in [9.17, 15) is 13.2 Å². The predicted molar refractivity (Wildman–Crippen MR) is 101 cm³/mol. The number of hydrogen-bond acceptors (Lipinski definition) is 4. The van der Waals surface area contributed by atoms with E-state index < -0.39 is 10.0 Å². The van der Waals surface area contributed by atoms with Crippen LogP contribution in [0.4, 0.5) is 0 Å². The Morgan fingerprint density at radius 3 is 2.38 bits per heavy atom. The fourth-order valence-corrected chi connectivity index (χ4v) is 4.28. The van der Waals surface area contributed by atoms with E-state index in [4.69, 9.17) is 4.74 Å². The van der Waals surface area contributed by atoms with Gasteiger partial charge in [-0.15, -0.1) is 0 Å². The third-order valence-corrected chi connectivity index (χ3v) is 6.27. The Balaban J connectivity index is 1.96. The third-order valence-electron chi connectivity index (χ3n) is 4.35. The Morgan fingerprint density at radius 1 is 1.23 bits per heavy atom. The van der Waals surface area contributed by atoms with E-state index in [0.29, 0.717) is 52.2 Å². The molecule has 1 saturated heterocycles. The van der Waals surface area contributed by atoms with Crippen LogP contribution < -0.4 is 0 Å². The zero-order chi connectivity index (χ0) is 19.2. The van der Waals surface area contributed by atoms with Crippen LogP contribution in [0, 0.1) is 0 Å². The summed E-state index contributed by atoms with van der Waals surface area (Å²) in [4.78, 5) is 14.3. The van der Waals surface area contributed by atoms with Crippen LogP contribution in [0.3, 0.4) is 0 Å². The third kappa shape index (κ3) is 5.40. The van der Waals surface area contributed by atoms with Crippen molar-refractivity contribution in [2.24, 2.45) is 0 Å². The standard InChI is InChI=1S/C19H28N2O4S/c1-4-20(15-16(2)3)19(22)10-7-17-5-8-18(9-6-17)26(23,24)21-11-13-25-14-12-21/h5-6,8-9H,2,4,7,10-15H2,1,3H3. The molecule has 0 bridgehead atoms. The monoisotopic (exact) mass is 380 g/mol. The van der Waals surface area contributed by atoms with Gasteiger partial charge >= 0.3 is 0 Å². The van der Waals surface area contributed by atoms with Crippen LogP contribution in [0.15, 0.2) is 41.3 Å². The molecule has 0 saturated carbocycles. The summed E-state index contributed by atoms with van der Waals surface area (Å²) in [6, 6.07) is 6.82. The molecule has 1 aromatic carbocycles. The molecule has 1 fully saturated rings. The Hall–Kier alpha value is -1.70. The lowest BCUT2D eigenvalue weighted by molar-refractivity contribution is -0.130. The first-order chi connectivity index (χ1) is 12.3. The van der Waals surface area contributed by atoms with Crippen molar-refractivity contribution in [1.82, 2.24) is 9.21 Å². The van der Waals surface area contributed by atoms with E-state index in [-0.39, 0.29) is 10.8 Å². The lowest BCUT2D eigenvalue weighted by atomic mass is 10.1. The second kappa shape index (κ2) is 9.30. The molecule has 2 rings (SSSR count). The summed E-state index contributed by atoms with van der Waals surface area (Å²) < 4.78 is 31.9. The van der Waals surface area contributed by atoms with Crippen molar-refractivity contribution < 1.29 is 17.9 Å². The molecule has 0 N–H and O–H groups in total. The number of likely N-dealkylation sites (N-methyl/N-ethyl adjacent to an activating group) is 1. The van der Waals surface area contributed by atoms with Gasteiger partial charge in [0, 0.05) is 32.6 Å². The van der Waals surface area contributed by atoms with Gasteiger partial charge in [-0.3, -0.25) is 4.79 Å². The Kier molecular flexibility index (Phi) is 7.37. The van der Waals surface area contributed by atoms with E-state index in [2.05, 4.69) is 6.58 Å². The SMILES string of the molecule is C=C(C)CN(CC)C(=O)CCc1ccc(S(=O)(=O)N2CCOCC2)cc1. The van der Waals surface area contributed by atoms with Crippen LogP contribution >= 0.6 is 0 Å². The second-order valence-corrected chi connectivity index (χ2v) is 8.46. The molecule has 0 atom stereocenters. The van der Waals surface area contributed by atoms with Gasteiger partial charge in [0.25, 0.3) is 0 Å². The summed E-state index contributed by atoms with van der Waals surface area (Å²) in [5.41, 5.74) is 1.91. The van der Waals surface area contributed by atoms with Gasteiger partial charge in [-0.2, -0.15) is 4.31 Å². The van der Waals surface area contributed by atoms with Crippen molar-refractivity contribution in [1.29, 1.82) is 0 Å². The van der Waals surface area contributed by atoms with Gasteiger partial charge in [-0.25, -0.2) is 8.42 Å². The molecular weight excluding hydrogens is 352 g/mol. The molecule has 0 aromatic heterocycles. The van der Waals surface area contributed by atoms with Gasteiger partial charge in [0.2, 0.25) is 15.9 Å².